The van der Waals surface area contributed by atoms with Crippen molar-refractivity contribution in [2.45, 2.75) is 13.0 Å². The zero-order valence-corrected chi connectivity index (χ0v) is 11.8. The van der Waals surface area contributed by atoms with E-state index in [4.69, 9.17) is 11.6 Å². The molecule has 1 aliphatic carbocycles. The summed E-state index contributed by atoms with van der Waals surface area (Å²) in [6.07, 6.45) is 1.84. The third-order valence-electron chi connectivity index (χ3n) is 4.41. The Morgan fingerprint density at radius 2 is 2.20 bits per heavy atom. The van der Waals surface area contributed by atoms with Crippen molar-refractivity contribution < 1.29 is 4.79 Å². The molecule has 3 atom stereocenters. The molecule has 0 spiro atoms. The molecule has 1 aliphatic heterocycles. The van der Waals surface area contributed by atoms with Crippen LogP contribution in [0.15, 0.2) is 18.3 Å². The maximum absolute atomic E-state index is 11.1. The summed E-state index contributed by atoms with van der Waals surface area (Å²) in [5.74, 6) is 1.20. The van der Waals surface area contributed by atoms with E-state index in [9.17, 15) is 4.79 Å². The SMILES string of the molecule is CC(=O)N[C@@H]1[C@@H]2CN(c3cc(Cl)cc4[nH]ncc34)C[C@@H]21. The summed E-state index contributed by atoms with van der Waals surface area (Å²) in [5, 5.41) is 11.9. The van der Waals surface area contributed by atoms with Crippen LogP contribution < -0.4 is 10.2 Å². The van der Waals surface area contributed by atoms with Crippen LogP contribution in [0.4, 0.5) is 5.69 Å². The number of aromatic amines is 1. The van der Waals surface area contributed by atoms with Crippen molar-refractivity contribution in [1.82, 2.24) is 15.5 Å². The predicted molar refractivity (Wildman–Crippen MR) is 77.9 cm³/mol. The van der Waals surface area contributed by atoms with Crippen molar-refractivity contribution in [3.05, 3.63) is 23.4 Å². The quantitative estimate of drug-likeness (QED) is 0.886. The van der Waals surface area contributed by atoms with Gasteiger partial charge in [0, 0.05) is 54.0 Å². The van der Waals surface area contributed by atoms with Crippen molar-refractivity contribution in [3.63, 3.8) is 0 Å². The maximum atomic E-state index is 11.1. The summed E-state index contributed by atoms with van der Waals surface area (Å²) in [5.41, 5.74) is 2.10. The number of aromatic nitrogens is 2. The van der Waals surface area contributed by atoms with E-state index >= 15 is 0 Å². The zero-order valence-electron chi connectivity index (χ0n) is 11.1. The highest BCUT2D eigenvalue weighted by Gasteiger charge is 2.56. The largest absolute Gasteiger partial charge is 0.370 e. The van der Waals surface area contributed by atoms with E-state index < -0.39 is 0 Å². The van der Waals surface area contributed by atoms with Gasteiger partial charge in [0.25, 0.3) is 0 Å². The molecule has 104 valence electrons. The third kappa shape index (κ3) is 1.77. The molecule has 6 heteroatoms. The first-order chi connectivity index (χ1) is 9.63. The first-order valence-corrected chi connectivity index (χ1v) is 7.16. The van der Waals surface area contributed by atoms with Crippen LogP contribution in [-0.2, 0) is 4.79 Å². The fourth-order valence-electron chi connectivity index (χ4n) is 3.43. The number of nitrogens with zero attached hydrogens (tertiary/aromatic N) is 2. The van der Waals surface area contributed by atoms with Gasteiger partial charge in [0.05, 0.1) is 11.7 Å². The number of rotatable bonds is 2. The van der Waals surface area contributed by atoms with Gasteiger partial charge >= 0.3 is 0 Å². The molecule has 0 radical (unpaired) electrons. The first kappa shape index (κ1) is 12.0. The standard InChI is InChI=1S/C14H15ClN4O/c1-7(20)17-14-10-5-19(6-11(10)14)13-3-8(15)2-12-9(13)4-16-18-12/h2-4,10-11,14H,5-6H2,1H3,(H,16,18)(H,17,20)/t10-,11+,14-. The predicted octanol–water partition coefficient (Wildman–Crippen LogP) is 1.79. The van der Waals surface area contributed by atoms with Crippen LogP contribution >= 0.6 is 11.6 Å². The third-order valence-corrected chi connectivity index (χ3v) is 4.62. The fourth-order valence-corrected chi connectivity index (χ4v) is 3.64. The topological polar surface area (TPSA) is 61.0 Å². The van der Waals surface area contributed by atoms with Gasteiger partial charge in [-0.25, -0.2) is 0 Å². The number of carbonyl (C=O) groups is 1. The monoisotopic (exact) mass is 290 g/mol. The van der Waals surface area contributed by atoms with Gasteiger partial charge in [0.15, 0.2) is 0 Å². The number of hydrogen-bond acceptors (Lipinski definition) is 3. The molecular formula is C14H15ClN4O. The number of benzene rings is 1. The maximum Gasteiger partial charge on any atom is 0.217 e. The number of carbonyl (C=O) groups excluding carboxylic acids is 1. The lowest BCUT2D eigenvalue weighted by molar-refractivity contribution is -0.119. The molecule has 4 rings (SSSR count). The van der Waals surface area contributed by atoms with Gasteiger partial charge in [-0.05, 0) is 12.1 Å². The number of halogens is 1. The van der Waals surface area contributed by atoms with Crippen LogP contribution in [0.3, 0.4) is 0 Å². The van der Waals surface area contributed by atoms with Crippen molar-refractivity contribution in [3.8, 4) is 0 Å². The van der Waals surface area contributed by atoms with E-state index in [0.29, 0.717) is 17.9 Å². The first-order valence-electron chi connectivity index (χ1n) is 6.78. The number of fused-ring (bicyclic) bond motifs is 2. The number of H-pyrrole nitrogens is 1. The van der Waals surface area contributed by atoms with Crippen molar-refractivity contribution in [1.29, 1.82) is 0 Å². The summed E-state index contributed by atoms with van der Waals surface area (Å²) in [6.45, 7) is 3.52. The molecule has 2 aromatic rings. The Labute approximate surface area is 121 Å². The number of nitrogens with one attached hydrogen (secondary N) is 2. The molecule has 2 N–H and O–H groups in total. The molecule has 1 saturated heterocycles. The van der Waals surface area contributed by atoms with Crippen LogP contribution in [0.25, 0.3) is 10.9 Å². The number of anilines is 1. The van der Waals surface area contributed by atoms with Gasteiger partial charge in [-0.1, -0.05) is 11.6 Å². The van der Waals surface area contributed by atoms with Gasteiger partial charge < -0.3 is 10.2 Å². The summed E-state index contributed by atoms with van der Waals surface area (Å²) in [6, 6.07) is 4.25. The van der Waals surface area contributed by atoms with Crippen LogP contribution in [0.2, 0.25) is 5.02 Å². The lowest BCUT2D eigenvalue weighted by Gasteiger charge is -2.23. The minimum absolute atomic E-state index is 0.0657. The van der Waals surface area contributed by atoms with Crippen LogP contribution in [0, 0.1) is 11.8 Å². The van der Waals surface area contributed by atoms with Gasteiger partial charge in [0.1, 0.15) is 0 Å². The summed E-state index contributed by atoms with van der Waals surface area (Å²) in [4.78, 5) is 13.5. The molecule has 0 unspecified atom stereocenters. The van der Waals surface area contributed by atoms with Crippen molar-refractivity contribution >= 4 is 34.1 Å². The van der Waals surface area contributed by atoms with Crippen molar-refractivity contribution in [2.75, 3.05) is 18.0 Å². The highest BCUT2D eigenvalue weighted by molar-refractivity contribution is 6.31. The summed E-state index contributed by atoms with van der Waals surface area (Å²) in [7, 11) is 0. The molecule has 1 saturated carbocycles. The van der Waals surface area contributed by atoms with E-state index in [1.165, 1.54) is 0 Å². The Morgan fingerprint density at radius 1 is 1.45 bits per heavy atom. The average Bonchev–Trinajstić information content (AvgIpc) is 2.84. The Morgan fingerprint density at radius 3 is 2.90 bits per heavy atom. The summed E-state index contributed by atoms with van der Waals surface area (Å²) < 4.78 is 0. The van der Waals surface area contributed by atoms with Gasteiger partial charge in [-0.2, -0.15) is 5.10 Å². The Balaban J connectivity index is 1.58. The Kier molecular flexibility index (Phi) is 2.48. The van der Waals surface area contributed by atoms with Crippen LogP contribution in [-0.4, -0.2) is 35.2 Å². The molecule has 2 fully saturated rings. The molecule has 20 heavy (non-hydrogen) atoms. The van der Waals surface area contributed by atoms with Crippen LogP contribution in [0.5, 0.6) is 0 Å². The van der Waals surface area contributed by atoms with E-state index in [-0.39, 0.29) is 5.91 Å². The van der Waals surface area contributed by atoms with Gasteiger partial charge in [0.2, 0.25) is 5.91 Å². The zero-order chi connectivity index (χ0) is 13.9. The Hall–Kier alpha value is -1.75. The fraction of sp³-hybridized carbons (Fsp3) is 0.429. The molecule has 1 amide bonds. The van der Waals surface area contributed by atoms with E-state index in [1.54, 1.807) is 6.92 Å². The molecule has 2 aliphatic rings. The number of amides is 1. The number of piperidine rings is 1. The van der Waals surface area contributed by atoms with E-state index in [0.717, 1.165) is 34.7 Å². The Bertz CT molecular complexity index is 686. The van der Waals surface area contributed by atoms with Gasteiger partial charge in [-0.3, -0.25) is 9.89 Å². The highest BCUT2D eigenvalue weighted by Crippen LogP contribution is 2.48. The molecule has 5 nitrogen and oxygen atoms in total. The van der Waals surface area contributed by atoms with E-state index in [1.807, 2.05) is 18.3 Å². The minimum Gasteiger partial charge on any atom is -0.370 e. The van der Waals surface area contributed by atoms with Crippen LogP contribution in [0.1, 0.15) is 6.92 Å². The molecule has 1 aromatic carbocycles. The lowest BCUT2D eigenvalue weighted by Crippen LogP contribution is -2.33. The molecule has 1 aromatic heterocycles. The van der Waals surface area contributed by atoms with E-state index in [2.05, 4.69) is 20.4 Å². The lowest BCUT2D eigenvalue weighted by atomic mass is 10.2. The molecular weight excluding hydrogens is 276 g/mol. The second kappa shape index (κ2) is 4.12. The van der Waals surface area contributed by atoms with Crippen molar-refractivity contribution in [2.24, 2.45) is 11.8 Å². The minimum atomic E-state index is 0.0657. The second-order valence-electron chi connectivity index (χ2n) is 5.72. The summed E-state index contributed by atoms with van der Waals surface area (Å²) >= 11 is 6.17. The smallest absolute Gasteiger partial charge is 0.217 e. The normalized spacial score (nSPS) is 27.7. The average molecular weight is 291 g/mol. The second-order valence-corrected chi connectivity index (χ2v) is 6.15. The highest BCUT2D eigenvalue weighted by atomic mass is 35.5. The molecule has 2 heterocycles. The molecule has 0 bridgehead atoms. The number of hydrogen-bond donors (Lipinski definition) is 2. The van der Waals surface area contributed by atoms with Gasteiger partial charge in [-0.15, -0.1) is 0 Å².